The molecule has 0 heterocycles. The van der Waals surface area contributed by atoms with Gasteiger partial charge in [-0.05, 0) is 37.6 Å². The van der Waals surface area contributed by atoms with Crippen LogP contribution in [-0.2, 0) is 10.0 Å². The normalized spacial score (nSPS) is 11.5. The van der Waals surface area contributed by atoms with E-state index in [0.29, 0.717) is 11.1 Å². The van der Waals surface area contributed by atoms with Crippen molar-refractivity contribution in [1.29, 1.82) is 0 Å². The van der Waals surface area contributed by atoms with Gasteiger partial charge in [0.15, 0.2) is 5.78 Å². The van der Waals surface area contributed by atoms with Gasteiger partial charge in [0.05, 0.1) is 12.3 Å². The molecule has 0 aliphatic heterocycles. The first-order valence-electron chi connectivity index (χ1n) is 5.12. The zero-order chi connectivity index (χ0) is 13.1. The molecule has 0 aromatic heterocycles. The lowest BCUT2D eigenvalue weighted by molar-refractivity contribution is 0.0997. The molecule has 0 aliphatic carbocycles. The molecule has 0 saturated heterocycles. The summed E-state index contributed by atoms with van der Waals surface area (Å²) in [6.07, 6.45) is 0. The van der Waals surface area contributed by atoms with Crippen LogP contribution in [0.5, 0.6) is 0 Å². The minimum atomic E-state index is -3.39. The second kappa shape index (κ2) is 5.37. The topological polar surface area (TPSA) is 63.2 Å². The number of sulfonamides is 1. The average Bonchev–Trinajstić information content (AvgIpc) is 2.30. The summed E-state index contributed by atoms with van der Waals surface area (Å²) < 4.78 is 37.4. The van der Waals surface area contributed by atoms with E-state index in [2.05, 4.69) is 4.72 Å². The average molecular weight is 259 g/mol. The highest BCUT2D eigenvalue weighted by Gasteiger charge is 2.12. The lowest BCUT2D eigenvalue weighted by Crippen LogP contribution is -2.30. The number of hydrogen-bond donors (Lipinski definition) is 1. The fourth-order valence-corrected chi connectivity index (χ4v) is 1.75. The zero-order valence-electron chi connectivity index (χ0n) is 9.66. The number of carbonyl (C=O) groups excluding carboxylic acids is 1. The molecule has 0 radical (unpaired) electrons. The van der Waals surface area contributed by atoms with Crippen molar-refractivity contribution < 1.29 is 17.6 Å². The highest BCUT2D eigenvalue weighted by molar-refractivity contribution is 7.89. The Kier molecular flexibility index (Phi) is 4.36. The van der Waals surface area contributed by atoms with Crippen LogP contribution in [-0.4, -0.2) is 26.5 Å². The largest absolute Gasteiger partial charge is 0.293 e. The maximum atomic E-state index is 13.0. The number of ketones is 1. The van der Waals surface area contributed by atoms with Gasteiger partial charge in [-0.2, -0.15) is 0 Å². The van der Waals surface area contributed by atoms with Gasteiger partial charge in [0.25, 0.3) is 0 Å². The first-order valence-corrected chi connectivity index (χ1v) is 6.77. The third kappa shape index (κ3) is 3.90. The predicted octanol–water partition coefficient (Wildman–Crippen LogP) is 1.26. The number of nitrogens with one attached hydrogen (secondary N) is 1. The quantitative estimate of drug-likeness (QED) is 0.810. The van der Waals surface area contributed by atoms with Crippen LogP contribution in [0.25, 0.3) is 0 Å². The van der Waals surface area contributed by atoms with Gasteiger partial charge in [0, 0.05) is 5.56 Å². The second-order valence-corrected chi connectivity index (χ2v) is 5.71. The monoisotopic (exact) mass is 259 g/mol. The third-order valence-corrected chi connectivity index (χ3v) is 3.66. The lowest BCUT2D eigenvalue weighted by atomic mass is 10.1. The summed E-state index contributed by atoms with van der Waals surface area (Å²) in [5, 5.41) is 0. The molecule has 0 aliphatic rings. The Labute approximate surface area is 99.9 Å². The van der Waals surface area contributed by atoms with Crippen molar-refractivity contribution in [2.24, 2.45) is 0 Å². The Morgan fingerprint density at radius 2 is 2.06 bits per heavy atom. The standard InChI is InChI=1S/C11H14FNO3S/c1-3-17(15,16)13-7-11(14)9-4-5-10(12)8(2)6-9/h4-6,13H,3,7H2,1-2H3. The van der Waals surface area contributed by atoms with E-state index in [1.165, 1.54) is 25.1 Å². The van der Waals surface area contributed by atoms with Gasteiger partial charge < -0.3 is 0 Å². The van der Waals surface area contributed by atoms with E-state index in [0.717, 1.165) is 0 Å². The zero-order valence-corrected chi connectivity index (χ0v) is 10.5. The van der Waals surface area contributed by atoms with Crippen LogP contribution in [0.3, 0.4) is 0 Å². The van der Waals surface area contributed by atoms with Gasteiger partial charge in [0.2, 0.25) is 10.0 Å². The molecule has 1 N–H and O–H groups in total. The molecule has 0 spiro atoms. The molecule has 0 fully saturated rings. The molecule has 0 saturated carbocycles. The molecule has 0 atom stereocenters. The first-order chi connectivity index (χ1) is 7.85. The maximum absolute atomic E-state index is 13.0. The van der Waals surface area contributed by atoms with Gasteiger partial charge >= 0.3 is 0 Å². The minimum absolute atomic E-state index is 0.0806. The Bertz CT molecular complexity index is 526. The van der Waals surface area contributed by atoms with Crippen molar-refractivity contribution >= 4 is 15.8 Å². The molecular formula is C11H14FNO3S. The summed E-state index contributed by atoms with van der Waals surface area (Å²) in [6, 6.07) is 3.93. The molecule has 0 unspecified atom stereocenters. The van der Waals surface area contributed by atoms with Crippen molar-refractivity contribution in [3.8, 4) is 0 Å². The number of halogens is 1. The molecule has 17 heavy (non-hydrogen) atoms. The molecule has 0 amide bonds. The number of benzene rings is 1. The molecule has 94 valence electrons. The fraction of sp³-hybridized carbons (Fsp3) is 0.364. The highest BCUT2D eigenvalue weighted by atomic mass is 32.2. The molecule has 6 heteroatoms. The van der Waals surface area contributed by atoms with E-state index in [4.69, 9.17) is 0 Å². The number of Topliss-reactive ketones (excluding diaryl/α,β-unsaturated/α-hetero) is 1. The summed E-state index contributed by atoms with van der Waals surface area (Å²) in [7, 11) is -3.39. The summed E-state index contributed by atoms with van der Waals surface area (Å²) in [4.78, 5) is 11.6. The van der Waals surface area contributed by atoms with Crippen LogP contribution >= 0.6 is 0 Å². The van der Waals surface area contributed by atoms with Gasteiger partial charge in [-0.25, -0.2) is 17.5 Å². The summed E-state index contributed by atoms with van der Waals surface area (Å²) in [6.45, 7) is 2.72. The SMILES string of the molecule is CCS(=O)(=O)NCC(=O)c1ccc(F)c(C)c1. The number of rotatable bonds is 5. The van der Waals surface area contributed by atoms with Crippen molar-refractivity contribution in [3.63, 3.8) is 0 Å². The van der Waals surface area contributed by atoms with Crippen molar-refractivity contribution in [1.82, 2.24) is 4.72 Å². The van der Waals surface area contributed by atoms with E-state index in [-0.39, 0.29) is 18.1 Å². The van der Waals surface area contributed by atoms with Gasteiger partial charge in [-0.15, -0.1) is 0 Å². The number of carbonyl (C=O) groups is 1. The maximum Gasteiger partial charge on any atom is 0.211 e. The van der Waals surface area contributed by atoms with E-state index < -0.39 is 15.8 Å². The molecule has 1 aromatic carbocycles. The molecule has 0 bridgehead atoms. The summed E-state index contributed by atoms with van der Waals surface area (Å²) >= 11 is 0. The third-order valence-electron chi connectivity index (χ3n) is 2.31. The van der Waals surface area contributed by atoms with Crippen LogP contribution in [0, 0.1) is 12.7 Å². The van der Waals surface area contributed by atoms with E-state index in [9.17, 15) is 17.6 Å². The van der Waals surface area contributed by atoms with Crippen molar-refractivity contribution in [2.75, 3.05) is 12.3 Å². The van der Waals surface area contributed by atoms with Gasteiger partial charge in [-0.1, -0.05) is 0 Å². The van der Waals surface area contributed by atoms with Crippen LogP contribution in [0.15, 0.2) is 18.2 Å². The Morgan fingerprint density at radius 1 is 1.41 bits per heavy atom. The summed E-state index contributed by atoms with van der Waals surface area (Å²) in [5.74, 6) is -0.858. The van der Waals surface area contributed by atoms with Crippen LogP contribution in [0.1, 0.15) is 22.8 Å². The van der Waals surface area contributed by atoms with E-state index in [1.54, 1.807) is 6.92 Å². The molecule has 1 aromatic rings. The molecule has 4 nitrogen and oxygen atoms in total. The first kappa shape index (κ1) is 13.8. The van der Waals surface area contributed by atoms with Crippen LogP contribution in [0.4, 0.5) is 4.39 Å². The minimum Gasteiger partial charge on any atom is -0.293 e. The smallest absolute Gasteiger partial charge is 0.211 e. The predicted molar refractivity (Wildman–Crippen MR) is 62.9 cm³/mol. The second-order valence-electron chi connectivity index (χ2n) is 3.61. The molecular weight excluding hydrogens is 245 g/mol. The summed E-state index contributed by atoms with van der Waals surface area (Å²) in [5.41, 5.74) is 0.650. The Morgan fingerprint density at radius 3 is 2.59 bits per heavy atom. The Hall–Kier alpha value is -1.27. The number of aryl methyl sites for hydroxylation is 1. The lowest BCUT2D eigenvalue weighted by Gasteiger charge is -2.05. The van der Waals surface area contributed by atoms with E-state index >= 15 is 0 Å². The molecule has 1 rings (SSSR count). The van der Waals surface area contributed by atoms with Crippen LogP contribution < -0.4 is 4.72 Å². The van der Waals surface area contributed by atoms with Gasteiger partial charge in [0.1, 0.15) is 5.82 Å². The fourth-order valence-electron chi connectivity index (χ4n) is 1.20. The highest BCUT2D eigenvalue weighted by Crippen LogP contribution is 2.09. The van der Waals surface area contributed by atoms with Crippen LogP contribution in [0.2, 0.25) is 0 Å². The Balaban J connectivity index is 2.74. The van der Waals surface area contributed by atoms with E-state index in [1.807, 2.05) is 0 Å². The van der Waals surface area contributed by atoms with Gasteiger partial charge in [-0.3, -0.25) is 4.79 Å². The number of hydrogen-bond acceptors (Lipinski definition) is 3. The van der Waals surface area contributed by atoms with Crippen molar-refractivity contribution in [3.05, 3.63) is 35.1 Å². The van der Waals surface area contributed by atoms with Crippen molar-refractivity contribution in [2.45, 2.75) is 13.8 Å².